The largest absolute Gasteiger partial charge is 0.462 e. The highest BCUT2D eigenvalue weighted by atomic mass is 16.6. The van der Waals surface area contributed by atoms with Crippen LogP contribution in [0.3, 0.4) is 0 Å². The fourth-order valence-corrected chi connectivity index (χ4v) is 2.69. The Bertz CT molecular complexity index is 519. The molecule has 2 aliphatic rings. The second kappa shape index (κ2) is 4.34. The van der Waals surface area contributed by atoms with Crippen LogP contribution in [0.25, 0.3) is 6.08 Å². The predicted molar refractivity (Wildman–Crippen MR) is 70.6 cm³/mol. The Morgan fingerprint density at radius 2 is 2.21 bits per heavy atom. The van der Waals surface area contributed by atoms with E-state index in [0.717, 1.165) is 11.1 Å². The molecule has 19 heavy (non-hydrogen) atoms. The molecule has 4 heteroatoms. The number of hydrogen-bond donors (Lipinski definition) is 2. The van der Waals surface area contributed by atoms with E-state index in [-0.39, 0.29) is 12.2 Å². The van der Waals surface area contributed by atoms with Gasteiger partial charge in [-0.3, -0.25) is 0 Å². The zero-order valence-corrected chi connectivity index (χ0v) is 11.0. The minimum atomic E-state index is -1.25. The molecule has 0 radical (unpaired) electrons. The SMILES string of the molecule is CC(O)[C@H]1C=Cc2cccc3c2C(CC(C)(O)O3)O1. The Morgan fingerprint density at radius 1 is 1.42 bits per heavy atom. The highest BCUT2D eigenvalue weighted by Crippen LogP contribution is 2.44. The summed E-state index contributed by atoms with van der Waals surface area (Å²) in [6, 6.07) is 5.71. The van der Waals surface area contributed by atoms with Crippen molar-refractivity contribution in [2.45, 2.75) is 44.4 Å². The van der Waals surface area contributed by atoms with Gasteiger partial charge in [-0.15, -0.1) is 0 Å². The van der Waals surface area contributed by atoms with Gasteiger partial charge in [-0.05, 0) is 18.6 Å². The van der Waals surface area contributed by atoms with Crippen molar-refractivity contribution in [1.29, 1.82) is 0 Å². The van der Waals surface area contributed by atoms with Crippen molar-refractivity contribution < 1.29 is 19.7 Å². The van der Waals surface area contributed by atoms with Gasteiger partial charge in [-0.2, -0.15) is 0 Å². The highest BCUT2D eigenvalue weighted by Gasteiger charge is 2.39. The fraction of sp³-hybridized carbons (Fsp3) is 0.467. The third-order valence-corrected chi connectivity index (χ3v) is 3.58. The van der Waals surface area contributed by atoms with Crippen molar-refractivity contribution in [2.24, 2.45) is 0 Å². The van der Waals surface area contributed by atoms with Crippen LogP contribution >= 0.6 is 0 Å². The van der Waals surface area contributed by atoms with E-state index in [2.05, 4.69) is 0 Å². The monoisotopic (exact) mass is 262 g/mol. The van der Waals surface area contributed by atoms with Crippen molar-refractivity contribution in [2.75, 3.05) is 0 Å². The minimum absolute atomic E-state index is 0.274. The van der Waals surface area contributed by atoms with Crippen LogP contribution < -0.4 is 4.74 Å². The molecule has 0 fully saturated rings. The van der Waals surface area contributed by atoms with Crippen molar-refractivity contribution in [3.63, 3.8) is 0 Å². The van der Waals surface area contributed by atoms with E-state index in [1.165, 1.54) is 0 Å². The lowest BCUT2D eigenvalue weighted by Gasteiger charge is -2.37. The molecule has 1 aromatic rings. The van der Waals surface area contributed by atoms with Gasteiger partial charge >= 0.3 is 0 Å². The molecule has 3 rings (SSSR count). The maximum absolute atomic E-state index is 10.2. The lowest BCUT2D eigenvalue weighted by atomic mass is 9.93. The summed E-state index contributed by atoms with van der Waals surface area (Å²) < 4.78 is 11.5. The van der Waals surface area contributed by atoms with Crippen molar-refractivity contribution >= 4 is 6.08 Å². The van der Waals surface area contributed by atoms with Gasteiger partial charge in [-0.1, -0.05) is 24.3 Å². The zero-order valence-electron chi connectivity index (χ0n) is 11.0. The summed E-state index contributed by atoms with van der Waals surface area (Å²) in [5.74, 6) is -0.598. The molecule has 2 N–H and O–H groups in total. The maximum atomic E-state index is 10.2. The molecule has 3 unspecified atom stereocenters. The zero-order chi connectivity index (χ0) is 13.6. The molecule has 2 heterocycles. The van der Waals surface area contributed by atoms with Crippen molar-refractivity contribution in [3.8, 4) is 5.75 Å². The van der Waals surface area contributed by atoms with E-state index < -0.39 is 11.9 Å². The molecule has 0 spiro atoms. The molecule has 4 nitrogen and oxygen atoms in total. The molecule has 102 valence electrons. The molecule has 0 saturated heterocycles. The summed E-state index contributed by atoms with van der Waals surface area (Å²) in [6.45, 7) is 3.32. The molecular weight excluding hydrogens is 244 g/mol. The predicted octanol–water partition coefficient (Wildman–Crippen LogP) is 2.01. The van der Waals surface area contributed by atoms with Crippen LogP contribution in [0.4, 0.5) is 0 Å². The highest BCUT2D eigenvalue weighted by molar-refractivity contribution is 5.61. The standard InChI is InChI=1S/C15H18O4/c1-9(16)11-7-6-10-4-3-5-12-14(10)13(18-11)8-15(2,17)19-12/h3-7,9,11,13,16-17H,8H2,1-2H3/t9?,11-,13?,15?/m1/s1. The van der Waals surface area contributed by atoms with Gasteiger partial charge in [0.05, 0.1) is 12.2 Å². The number of rotatable bonds is 1. The molecule has 1 aromatic carbocycles. The first kappa shape index (κ1) is 12.7. The van der Waals surface area contributed by atoms with E-state index in [9.17, 15) is 10.2 Å². The average molecular weight is 262 g/mol. The Labute approximate surface area is 112 Å². The van der Waals surface area contributed by atoms with E-state index in [1.807, 2.05) is 30.4 Å². The lowest BCUT2D eigenvalue weighted by molar-refractivity contribution is -0.177. The van der Waals surface area contributed by atoms with Gasteiger partial charge in [0, 0.05) is 18.9 Å². The normalized spacial score (nSPS) is 34.1. The molecule has 0 aromatic heterocycles. The molecule has 0 saturated carbocycles. The third kappa shape index (κ3) is 2.27. The van der Waals surface area contributed by atoms with Crippen molar-refractivity contribution in [3.05, 3.63) is 35.4 Å². The van der Waals surface area contributed by atoms with Crippen LogP contribution in [0.5, 0.6) is 5.75 Å². The fourth-order valence-electron chi connectivity index (χ4n) is 2.69. The second-order valence-electron chi connectivity index (χ2n) is 5.43. The van der Waals surface area contributed by atoms with Gasteiger partial charge in [0.2, 0.25) is 5.79 Å². The summed E-state index contributed by atoms with van der Waals surface area (Å²) in [6.07, 6.45) is 2.90. The smallest absolute Gasteiger partial charge is 0.208 e. The van der Waals surface area contributed by atoms with Crippen molar-refractivity contribution in [1.82, 2.24) is 0 Å². The van der Waals surface area contributed by atoms with E-state index in [0.29, 0.717) is 12.2 Å². The summed E-state index contributed by atoms with van der Waals surface area (Å²) >= 11 is 0. The summed E-state index contributed by atoms with van der Waals surface area (Å²) in [4.78, 5) is 0. The van der Waals surface area contributed by atoms with Crippen LogP contribution in [0.1, 0.15) is 37.5 Å². The van der Waals surface area contributed by atoms with E-state index >= 15 is 0 Å². The lowest BCUT2D eigenvalue weighted by Crippen LogP contribution is -2.39. The van der Waals surface area contributed by atoms with Gasteiger partial charge < -0.3 is 19.7 Å². The Hall–Kier alpha value is -1.36. The van der Waals surface area contributed by atoms with Crippen LogP contribution in [0.2, 0.25) is 0 Å². The Morgan fingerprint density at radius 3 is 2.95 bits per heavy atom. The van der Waals surface area contributed by atoms with Gasteiger partial charge in [0.15, 0.2) is 0 Å². The topological polar surface area (TPSA) is 58.9 Å². The molecule has 0 amide bonds. The van der Waals surface area contributed by atoms with Gasteiger partial charge in [-0.25, -0.2) is 0 Å². The van der Waals surface area contributed by atoms with Gasteiger partial charge in [0.25, 0.3) is 0 Å². The first-order valence-corrected chi connectivity index (χ1v) is 6.52. The number of ether oxygens (including phenoxy) is 2. The maximum Gasteiger partial charge on any atom is 0.208 e. The van der Waals surface area contributed by atoms with E-state index in [4.69, 9.17) is 9.47 Å². The number of benzene rings is 1. The Kier molecular flexibility index (Phi) is 2.89. The molecular formula is C15H18O4. The quantitative estimate of drug-likeness (QED) is 0.813. The van der Waals surface area contributed by atoms with Gasteiger partial charge in [0.1, 0.15) is 11.9 Å². The van der Waals surface area contributed by atoms with Crippen LogP contribution in [0, 0.1) is 0 Å². The molecule has 0 aliphatic carbocycles. The Balaban J connectivity index is 2.07. The van der Waals surface area contributed by atoms with Crippen LogP contribution in [-0.4, -0.2) is 28.2 Å². The van der Waals surface area contributed by atoms with Crippen LogP contribution in [-0.2, 0) is 4.74 Å². The first-order chi connectivity index (χ1) is 8.96. The molecule has 4 atom stereocenters. The third-order valence-electron chi connectivity index (χ3n) is 3.58. The minimum Gasteiger partial charge on any atom is -0.462 e. The second-order valence-corrected chi connectivity index (χ2v) is 5.43. The van der Waals surface area contributed by atoms with E-state index in [1.54, 1.807) is 13.8 Å². The average Bonchev–Trinajstić information content (AvgIpc) is 2.49. The van der Waals surface area contributed by atoms with Crippen LogP contribution in [0.15, 0.2) is 24.3 Å². The summed E-state index contributed by atoms with van der Waals surface area (Å²) in [7, 11) is 0. The summed E-state index contributed by atoms with van der Waals surface area (Å²) in [5, 5.41) is 19.9. The number of aliphatic hydroxyl groups is 2. The number of hydrogen-bond acceptors (Lipinski definition) is 4. The first-order valence-electron chi connectivity index (χ1n) is 6.52. The summed E-state index contributed by atoms with van der Waals surface area (Å²) in [5.41, 5.74) is 1.97. The number of aliphatic hydroxyl groups excluding tert-OH is 1. The molecule has 0 bridgehead atoms. The molecule has 2 aliphatic heterocycles.